The van der Waals surface area contributed by atoms with Crippen LogP contribution in [-0.2, 0) is 7.05 Å². The number of hydrogen-bond acceptors (Lipinski definition) is 5. The molecule has 0 amide bonds. The molecule has 0 aliphatic heterocycles. The predicted octanol–water partition coefficient (Wildman–Crippen LogP) is 5.47. The number of imidazole rings is 1. The van der Waals surface area contributed by atoms with E-state index in [-0.39, 0.29) is 0 Å². The van der Waals surface area contributed by atoms with Crippen LogP contribution in [0.4, 0.5) is 5.69 Å². The number of aryl methyl sites for hydroxylation is 2. The van der Waals surface area contributed by atoms with Crippen LogP contribution in [0, 0.1) is 23.7 Å². The Balaban J connectivity index is 1.74. The number of aromatic nitrogens is 3. The van der Waals surface area contributed by atoms with E-state index in [1.807, 2.05) is 91.9 Å². The molecule has 5 rings (SSSR count). The molecule has 0 saturated heterocycles. The molecular weight excluding hydrogens is 482 g/mol. The molecule has 7 nitrogen and oxygen atoms in total. The quantitative estimate of drug-likeness (QED) is 0.318. The number of rotatable bonds is 6. The summed E-state index contributed by atoms with van der Waals surface area (Å²) in [6.45, 7) is 3.60. The molecule has 0 radical (unpaired) electrons. The van der Waals surface area contributed by atoms with Gasteiger partial charge in [-0.2, -0.15) is 5.26 Å². The van der Waals surface area contributed by atoms with E-state index in [1.165, 1.54) is 0 Å². The predicted molar refractivity (Wildman–Crippen MR) is 150 cm³/mol. The van der Waals surface area contributed by atoms with Gasteiger partial charge in [-0.3, -0.25) is 15.0 Å². The number of fused-ring (bicyclic) bond motifs is 3. The Morgan fingerprint density at radius 3 is 2.51 bits per heavy atom. The highest BCUT2D eigenvalue weighted by atomic mass is 35.5. The second kappa shape index (κ2) is 9.74. The van der Waals surface area contributed by atoms with Gasteiger partial charge in [0.1, 0.15) is 6.07 Å². The van der Waals surface area contributed by atoms with Gasteiger partial charge in [0.05, 0.1) is 39.7 Å². The van der Waals surface area contributed by atoms with E-state index in [9.17, 15) is 5.26 Å². The summed E-state index contributed by atoms with van der Waals surface area (Å²) >= 11 is 6.11. The van der Waals surface area contributed by atoms with Gasteiger partial charge >= 0.3 is 0 Å². The minimum Gasteiger partial charge on any atom is -0.383 e. The third-order valence-corrected chi connectivity index (χ3v) is 6.94. The highest BCUT2D eigenvalue weighted by molar-refractivity contribution is 6.30. The monoisotopic (exact) mass is 509 g/mol. The van der Waals surface area contributed by atoms with Gasteiger partial charge in [0.15, 0.2) is 0 Å². The summed E-state index contributed by atoms with van der Waals surface area (Å²) in [5.41, 5.74) is 8.07. The van der Waals surface area contributed by atoms with Gasteiger partial charge < -0.3 is 14.8 Å². The molecule has 3 aromatic carbocycles. The van der Waals surface area contributed by atoms with Crippen molar-refractivity contribution in [2.45, 2.75) is 6.92 Å². The van der Waals surface area contributed by atoms with Crippen LogP contribution in [0.25, 0.3) is 38.8 Å². The summed E-state index contributed by atoms with van der Waals surface area (Å²) in [5, 5.41) is 24.0. The third-order valence-electron chi connectivity index (χ3n) is 6.68. The molecule has 186 valence electrons. The van der Waals surface area contributed by atoms with Crippen molar-refractivity contribution in [2.75, 3.05) is 32.5 Å². The highest BCUT2D eigenvalue weighted by Crippen LogP contribution is 2.32. The fraction of sp³-hybridized carbons (Fsp3) is 0.207. The lowest BCUT2D eigenvalue weighted by Gasteiger charge is -2.16. The maximum atomic E-state index is 9.95. The zero-order valence-electron chi connectivity index (χ0n) is 21.3. The first-order chi connectivity index (χ1) is 17.8. The van der Waals surface area contributed by atoms with Crippen molar-refractivity contribution in [1.82, 2.24) is 19.0 Å². The standard InChI is InChI=1S/C29H28ClN7/c1-18-13-25(33-11-12-35(2)3)21(16-31)15-26(18)37-28-23-14-20(19-5-8-22(30)9-6-19)7-10-24(23)34-17-27(28)36(4)29(37)32/h5-10,13-15,17,32-33H,11-12H2,1-4H3. The minimum atomic E-state index is 0.307. The summed E-state index contributed by atoms with van der Waals surface area (Å²) in [6.07, 6.45) is 1.81. The average Bonchev–Trinajstić information content (AvgIpc) is 3.14. The van der Waals surface area contributed by atoms with Crippen LogP contribution < -0.4 is 10.9 Å². The smallest absolute Gasteiger partial charge is 0.207 e. The van der Waals surface area contributed by atoms with Crippen molar-refractivity contribution < 1.29 is 0 Å². The summed E-state index contributed by atoms with van der Waals surface area (Å²) in [5.74, 6) is 0. The second-order valence-corrected chi connectivity index (χ2v) is 9.91. The van der Waals surface area contributed by atoms with Gasteiger partial charge in [-0.1, -0.05) is 29.8 Å². The minimum absolute atomic E-state index is 0.307. The molecule has 2 heterocycles. The lowest BCUT2D eigenvalue weighted by Crippen LogP contribution is -2.23. The fourth-order valence-corrected chi connectivity index (χ4v) is 4.79. The molecule has 37 heavy (non-hydrogen) atoms. The zero-order valence-corrected chi connectivity index (χ0v) is 22.1. The third kappa shape index (κ3) is 4.46. The Morgan fingerprint density at radius 2 is 1.81 bits per heavy atom. The van der Waals surface area contributed by atoms with E-state index < -0.39 is 0 Å². The largest absolute Gasteiger partial charge is 0.383 e. The van der Waals surface area contributed by atoms with Crippen LogP contribution in [0.1, 0.15) is 11.1 Å². The molecule has 0 unspecified atom stereocenters. The topological polar surface area (TPSA) is 85.7 Å². The Kier molecular flexibility index (Phi) is 6.46. The maximum Gasteiger partial charge on any atom is 0.207 e. The second-order valence-electron chi connectivity index (χ2n) is 9.48. The van der Waals surface area contributed by atoms with Gasteiger partial charge in [0.25, 0.3) is 0 Å². The summed E-state index contributed by atoms with van der Waals surface area (Å²) in [7, 11) is 5.91. The van der Waals surface area contributed by atoms with Crippen molar-refractivity contribution in [3.63, 3.8) is 0 Å². The van der Waals surface area contributed by atoms with E-state index in [2.05, 4.69) is 27.3 Å². The van der Waals surface area contributed by atoms with E-state index in [4.69, 9.17) is 17.0 Å². The first-order valence-electron chi connectivity index (χ1n) is 12.0. The number of anilines is 1. The number of nitriles is 1. The number of hydrogen-bond donors (Lipinski definition) is 2. The lowest BCUT2D eigenvalue weighted by atomic mass is 10.0. The van der Waals surface area contributed by atoms with Crippen molar-refractivity contribution in [3.8, 4) is 22.9 Å². The molecule has 0 spiro atoms. The van der Waals surface area contributed by atoms with Gasteiger partial charge in [-0.25, -0.2) is 0 Å². The fourth-order valence-electron chi connectivity index (χ4n) is 4.67. The molecule has 0 bridgehead atoms. The number of pyridine rings is 1. The molecule has 0 aliphatic rings. The van der Waals surface area contributed by atoms with Gasteiger partial charge in [0.2, 0.25) is 5.62 Å². The number of nitrogens with zero attached hydrogens (tertiary/aromatic N) is 5. The average molecular weight is 510 g/mol. The molecule has 0 saturated carbocycles. The van der Waals surface area contributed by atoms with E-state index in [0.29, 0.717) is 16.2 Å². The van der Waals surface area contributed by atoms with Crippen LogP contribution in [0.2, 0.25) is 5.02 Å². The molecule has 5 aromatic rings. The molecule has 8 heteroatoms. The number of likely N-dealkylation sites (N-methyl/N-ethyl adjacent to an activating group) is 1. The zero-order chi connectivity index (χ0) is 26.3. The Morgan fingerprint density at radius 1 is 1.08 bits per heavy atom. The normalized spacial score (nSPS) is 11.4. The Hall–Kier alpha value is -4.12. The Bertz CT molecular complexity index is 1740. The van der Waals surface area contributed by atoms with Gasteiger partial charge in [0, 0.05) is 30.5 Å². The molecule has 2 N–H and O–H groups in total. The van der Waals surface area contributed by atoms with Crippen LogP contribution >= 0.6 is 11.6 Å². The molecule has 0 atom stereocenters. The Labute approximate surface area is 220 Å². The number of halogens is 1. The van der Waals surface area contributed by atoms with Crippen molar-refractivity contribution in [3.05, 3.63) is 82.6 Å². The SMILES string of the molecule is Cc1cc(NCCN(C)C)c(C#N)cc1-n1c(=N)n(C)c2cnc3ccc(-c4ccc(Cl)cc4)cc3c21. The van der Waals surface area contributed by atoms with Gasteiger partial charge in [-0.15, -0.1) is 0 Å². The molecule has 2 aromatic heterocycles. The number of benzene rings is 3. The first-order valence-corrected chi connectivity index (χ1v) is 12.4. The van der Waals surface area contributed by atoms with Crippen molar-refractivity contribution >= 4 is 39.2 Å². The van der Waals surface area contributed by atoms with E-state index >= 15 is 0 Å². The van der Waals surface area contributed by atoms with Crippen LogP contribution in [0.5, 0.6) is 0 Å². The molecule has 0 fully saturated rings. The first kappa shape index (κ1) is 24.6. The summed E-state index contributed by atoms with van der Waals surface area (Å²) in [4.78, 5) is 6.77. The van der Waals surface area contributed by atoms with Gasteiger partial charge in [-0.05, 0) is 74.1 Å². The summed E-state index contributed by atoms with van der Waals surface area (Å²) in [6, 6.07) is 20.1. The highest BCUT2D eigenvalue weighted by Gasteiger charge is 2.18. The molecular formula is C29H28ClN7. The van der Waals surface area contributed by atoms with Crippen molar-refractivity contribution in [1.29, 1.82) is 10.7 Å². The van der Waals surface area contributed by atoms with Crippen LogP contribution in [-0.4, -0.2) is 46.2 Å². The van der Waals surface area contributed by atoms with E-state index in [0.717, 1.165) is 63.1 Å². The van der Waals surface area contributed by atoms with Crippen molar-refractivity contribution in [2.24, 2.45) is 7.05 Å². The number of nitrogens with one attached hydrogen (secondary N) is 2. The van der Waals surface area contributed by atoms with Crippen LogP contribution in [0.15, 0.2) is 60.8 Å². The summed E-state index contributed by atoms with van der Waals surface area (Å²) < 4.78 is 3.75. The van der Waals surface area contributed by atoms with Crippen LogP contribution in [0.3, 0.4) is 0 Å². The van der Waals surface area contributed by atoms with E-state index in [1.54, 1.807) is 0 Å². The maximum absolute atomic E-state index is 9.95. The molecule has 0 aliphatic carbocycles. The lowest BCUT2D eigenvalue weighted by molar-refractivity contribution is 0.425.